The van der Waals surface area contributed by atoms with Crippen LogP contribution in [0.1, 0.15) is 21.5 Å². The number of carboxylic acids is 1. The van der Waals surface area contributed by atoms with Gasteiger partial charge in [-0.25, -0.2) is 4.79 Å². The number of hydrogen-bond acceptors (Lipinski definition) is 3. The van der Waals surface area contributed by atoms with E-state index in [0.717, 1.165) is 14.9 Å². The van der Waals surface area contributed by atoms with E-state index in [-0.39, 0.29) is 5.56 Å². The molecule has 2 aromatic carbocycles. The zero-order valence-electron chi connectivity index (χ0n) is 10.6. The van der Waals surface area contributed by atoms with Gasteiger partial charge in [0.1, 0.15) is 6.07 Å². The second kappa shape index (κ2) is 6.12. The molecule has 0 bridgehead atoms. The molecule has 0 aromatic heterocycles. The topological polar surface area (TPSA) is 61.1 Å². The van der Waals surface area contributed by atoms with Crippen LogP contribution in [0.5, 0.6) is 0 Å². The lowest BCUT2D eigenvalue weighted by molar-refractivity contribution is 0.0693. The van der Waals surface area contributed by atoms with Crippen molar-refractivity contribution in [2.75, 3.05) is 0 Å². The average molecular weight is 348 g/mol. The smallest absolute Gasteiger partial charge is 0.336 e. The Hall–Kier alpha value is -1.77. The molecular formula is C15H10BrNO2S. The Kier molecular flexibility index (Phi) is 4.48. The van der Waals surface area contributed by atoms with Gasteiger partial charge in [-0.3, -0.25) is 0 Å². The summed E-state index contributed by atoms with van der Waals surface area (Å²) in [7, 11) is 0. The van der Waals surface area contributed by atoms with Crippen molar-refractivity contribution in [1.82, 2.24) is 0 Å². The van der Waals surface area contributed by atoms with Crippen molar-refractivity contribution in [3.63, 3.8) is 0 Å². The second-order valence-corrected chi connectivity index (χ2v) is 6.16. The Morgan fingerprint density at radius 1 is 1.25 bits per heavy atom. The van der Waals surface area contributed by atoms with E-state index in [2.05, 4.69) is 22.0 Å². The van der Waals surface area contributed by atoms with Crippen molar-refractivity contribution in [3.8, 4) is 6.07 Å². The molecule has 0 heterocycles. The molecule has 0 spiro atoms. The van der Waals surface area contributed by atoms with Crippen LogP contribution in [0.4, 0.5) is 0 Å². The fraction of sp³-hybridized carbons (Fsp3) is 0.0667. The van der Waals surface area contributed by atoms with E-state index in [1.165, 1.54) is 11.8 Å². The highest BCUT2D eigenvalue weighted by atomic mass is 79.9. The highest BCUT2D eigenvalue weighted by molar-refractivity contribution is 9.10. The third-order valence-corrected chi connectivity index (χ3v) is 4.26. The molecule has 0 saturated carbocycles. The van der Waals surface area contributed by atoms with E-state index in [1.807, 2.05) is 19.1 Å². The largest absolute Gasteiger partial charge is 0.478 e. The van der Waals surface area contributed by atoms with Gasteiger partial charge in [-0.05, 0) is 42.8 Å². The molecule has 0 radical (unpaired) electrons. The first-order valence-corrected chi connectivity index (χ1v) is 7.33. The molecule has 0 saturated heterocycles. The van der Waals surface area contributed by atoms with Crippen LogP contribution in [0.15, 0.2) is 50.7 Å². The van der Waals surface area contributed by atoms with Gasteiger partial charge in [0.05, 0.1) is 11.1 Å². The maximum Gasteiger partial charge on any atom is 0.336 e. The van der Waals surface area contributed by atoms with Crippen molar-refractivity contribution < 1.29 is 9.90 Å². The van der Waals surface area contributed by atoms with Crippen LogP contribution < -0.4 is 0 Å². The standard InChI is InChI=1S/C15H10BrNO2S/c1-9-2-3-10(8-17)13(6-9)20-14-7-11(16)4-5-12(14)15(18)19/h2-7H,1H3,(H,18,19). The van der Waals surface area contributed by atoms with E-state index in [1.54, 1.807) is 24.3 Å². The Bertz CT molecular complexity index is 722. The fourth-order valence-electron chi connectivity index (χ4n) is 1.68. The predicted octanol–water partition coefficient (Wildman–Crippen LogP) is 4.48. The van der Waals surface area contributed by atoms with Gasteiger partial charge in [0.15, 0.2) is 0 Å². The van der Waals surface area contributed by atoms with Crippen LogP contribution >= 0.6 is 27.7 Å². The van der Waals surface area contributed by atoms with E-state index in [9.17, 15) is 9.90 Å². The average Bonchev–Trinajstić information content (AvgIpc) is 2.38. The third-order valence-electron chi connectivity index (χ3n) is 2.65. The van der Waals surface area contributed by atoms with Crippen LogP contribution in [0.25, 0.3) is 0 Å². The summed E-state index contributed by atoms with van der Waals surface area (Å²) in [5.41, 5.74) is 1.79. The highest BCUT2D eigenvalue weighted by Gasteiger charge is 2.13. The lowest BCUT2D eigenvalue weighted by Gasteiger charge is -2.08. The Balaban J connectivity index is 2.50. The first-order chi connectivity index (χ1) is 9.51. The van der Waals surface area contributed by atoms with Crippen LogP contribution in [0.3, 0.4) is 0 Å². The van der Waals surface area contributed by atoms with Crippen LogP contribution in [0.2, 0.25) is 0 Å². The number of halogens is 1. The first-order valence-electron chi connectivity index (χ1n) is 5.72. The minimum atomic E-state index is -0.980. The molecule has 0 aliphatic rings. The van der Waals surface area contributed by atoms with Crippen LogP contribution in [-0.2, 0) is 0 Å². The summed E-state index contributed by atoms with van der Waals surface area (Å²) >= 11 is 4.63. The molecule has 0 amide bonds. The Morgan fingerprint density at radius 2 is 2.00 bits per heavy atom. The SMILES string of the molecule is Cc1ccc(C#N)c(Sc2cc(Br)ccc2C(=O)O)c1. The Labute approximate surface area is 129 Å². The lowest BCUT2D eigenvalue weighted by Crippen LogP contribution is -1.98. The summed E-state index contributed by atoms with van der Waals surface area (Å²) in [6.45, 7) is 1.93. The summed E-state index contributed by atoms with van der Waals surface area (Å²) < 4.78 is 0.802. The molecule has 3 nitrogen and oxygen atoms in total. The normalized spacial score (nSPS) is 10.1. The zero-order valence-corrected chi connectivity index (χ0v) is 13.0. The minimum Gasteiger partial charge on any atom is -0.478 e. The summed E-state index contributed by atoms with van der Waals surface area (Å²) in [6, 6.07) is 12.6. The number of benzene rings is 2. The van der Waals surface area contributed by atoms with Gasteiger partial charge in [-0.15, -0.1) is 0 Å². The number of aromatic carboxylic acids is 1. The molecule has 5 heteroatoms. The first kappa shape index (κ1) is 14.6. The molecule has 20 heavy (non-hydrogen) atoms. The molecule has 0 atom stereocenters. The monoisotopic (exact) mass is 347 g/mol. The number of hydrogen-bond donors (Lipinski definition) is 1. The molecule has 0 aliphatic heterocycles. The van der Waals surface area contributed by atoms with Gasteiger partial charge < -0.3 is 5.11 Å². The number of nitrogens with zero attached hydrogens (tertiary/aromatic N) is 1. The van der Waals surface area contributed by atoms with E-state index in [0.29, 0.717) is 10.5 Å². The summed E-state index contributed by atoms with van der Waals surface area (Å²) in [6.07, 6.45) is 0. The van der Waals surface area contributed by atoms with Gasteiger partial charge in [0.2, 0.25) is 0 Å². The van der Waals surface area contributed by atoms with Crippen LogP contribution in [-0.4, -0.2) is 11.1 Å². The van der Waals surface area contributed by atoms with Crippen LogP contribution in [0, 0.1) is 18.3 Å². The molecule has 1 N–H and O–H groups in total. The van der Waals surface area contributed by atoms with Crippen molar-refractivity contribution in [2.24, 2.45) is 0 Å². The summed E-state index contributed by atoms with van der Waals surface area (Å²) in [4.78, 5) is 12.6. The zero-order chi connectivity index (χ0) is 14.7. The number of carboxylic acid groups (broad SMARTS) is 1. The molecule has 0 unspecified atom stereocenters. The third kappa shape index (κ3) is 3.21. The number of nitriles is 1. The quantitative estimate of drug-likeness (QED) is 0.889. The lowest BCUT2D eigenvalue weighted by atomic mass is 10.2. The van der Waals surface area contributed by atoms with Crippen molar-refractivity contribution >= 4 is 33.7 Å². The van der Waals surface area contributed by atoms with Crippen molar-refractivity contribution in [2.45, 2.75) is 16.7 Å². The molecule has 100 valence electrons. The molecule has 0 fully saturated rings. The maximum absolute atomic E-state index is 11.3. The number of aryl methyl sites for hydroxylation is 1. The second-order valence-electron chi connectivity index (χ2n) is 4.16. The van der Waals surface area contributed by atoms with Crippen molar-refractivity contribution in [1.29, 1.82) is 5.26 Å². The minimum absolute atomic E-state index is 0.226. The van der Waals surface area contributed by atoms with Crippen molar-refractivity contribution in [3.05, 3.63) is 57.6 Å². The molecule has 2 rings (SSSR count). The Morgan fingerprint density at radius 3 is 2.65 bits per heavy atom. The van der Waals surface area contributed by atoms with Gasteiger partial charge in [0, 0.05) is 14.3 Å². The fourth-order valence-corrected chi connectivity index (χ4v) is 3.35. The van der Waals surface area contributed by atoms with Gasteiger partial charge in [0.25, 0.3) is 0 Å². The number of carbonyl (C=O) groups is 1. The molecular weight excluding hydrogens is 338 g/mol. The molecule has 0 aliphatic carbocycles. The maximum atomic E-state index is 11.3. The van der Waals surface area contributed by atoms with Gasteiger partial charge >= 0.3 is 5.97 Å². The van der Waals surface area contributed by atoms with E-state index < -0.39 is 5.97 Å². The summed E-state index contributed by atoms with van der Waals surface area (Å²) in [5, 5.41) is 18.4. The van der Waals surface area contributed by atoms with Gasteiger partial charge in [-0.1, -0.05) is 33.8 Å². The van der Waals surface area contributed by atoms with Gasteiger partial charge in [-0.2, -0.15) is 5.26 Å². The summed E-state index contributed by atoms with van der Waals surface area (Å²) in [5.74, 6) is -0.980. The van der Waals surface area contributed by atoms with E-state index >= 15 is 0 Å². The van der Waals surface area contributed by atoms with E-state index in [4.69, 9.17) is 5.26 Å². The molecule has 2 aromatic rings. The highest BCUT2D eigenvalue weighted by Crippen LogP contribution is 2.35. The predicted molar refractivity (Wildman–Crippen MR) is 81.1 cm³/mol. The number of rotatable bonds is 3.